The van der Waals surface area contributed by atoms with Crippen LogP contribution in [0.4, 0.5) is 10.5 Å². The molecule has 2 amide bonds. The zero-order chi connectivity index (χ0) is 26.4. The van der Waals surface area contributed by atoms with Crippen LogP contribution in [0.2, 0.25) is 0 Å². The van der Waals surface area contributed by atoms with Gasteiger partial charge in [-0.3, -0.25) is 9.69 Å². The van der Waals surface area contributed by atoms with Crippen LogP contribution in [0.15, 0.2) is 42.5 Å². The van der Waals surface area contributed by atoms with E-state index < -0.39 is 6.09 Å². The van der Waals surface area contributed by atoms with Crippen LogP contribution in [0, 0.1) is 12.8 Å². The molecular weight excluding hydrogens is 468 g/mol. The van der Waals surface area contributed by atoms with Crippen molar-refractivity contribution in [3.05, 3.63) is 59.2 Å². The molecule has 1 aliphatic carbocycles. The SMILES string of the molecule is Cc1cc(N(C)C(=O)[C@H]2CC[C@H](Oc3cccc(CNC(=O)O)c3)CC2)ccc1CN1CCN[C@@H](C)C1. The Morgan fingerprint density at radius 2 is 1.95 bits per heavy atom. The number of amides is 2. The molecule has 1 heterocycles. The van der Waals surface area contributed by atoms with Gasteiger partial charge in [0.25, 0.3) is 0 Å². The molecule has 8 nitrogen and oxygen atoms in total. The van der Waals surface area contributed by atoms with E-state index in [0.29, 0.717) is 6.04 Å². The monoisotopic (exact) mass is 508 g/mol. The van der Waals surface area contributed by atoms with E-state index in [2.05, 4.69) is 47.6 Å². The van der Waals surface area contributed by atoms with Gasteiger partial charge < -0.3 is 25.4 Å². The van der Waals surface area contributed by atoms with E-state index in [4.69, 9.17) is 9.84 Å². The molecule has 3 N–H and O–H groups in total. The summed E-state index contributed by atoms with van der Waals surface area (Å²) < 4.78 is 6.17. The summed E-state index contributed by atoms with van der Waals surface area (Å²) in [6, 6.07) is 14.4. The van der Waals surface area contributed by atoms with Gasteiger partial charge in [-0.25, -0.2) is 4.79 Å². The van der Waals surface area contributed by atoms with E-state index in [9.17, 15) is 9.59 Å². The van der Waals surface area contributed by atoms with E-state index in [1.807, 2.05) is 36.2 Å². The molecule has 4 rings (SSSR count). The molecule has 1 saturated heterocycles. The smallest absolute Gasteiger partial charge is 0.404 e. The predicted molar refractivity (Wildman–Crippen MR) is 145 cm³/mol. The first-order valence-corrected chi connectivity index (χ1v) is 13.3. The number of rotatable bonds is 8. The molecule has 0 bridgehead atoms. The van der Waals surface area contributed by atoms with Crippen molar-refractivity contribution in [3.63, 3.8) is 0 Å². The first-order chi connectivity index (χ1) is 17.8. The van der Waals surface area contributed by atoms with Crippen molar-refractivity contribution in [2.24, 2.45) is 5.92 Å². The lowest BCUT2D eigenvalue weighted by Crippen LogP contribution is -2.48. The van der Waals surface area contributed by atoms with Crippen LogP contribution in [0.1, 0.15) is 49.3 Å². The number of carboxylic acid groups (broad SMARTS) is 1. The van der Waals surface area contributed by atoms with Crippen LogP contribution in [0.25, 0.3) is 0 Å². The minimum absolute atomic E-state index is 0.00160. The molecule has 200 valence electrons. The number of hydrogen-bond acceptors (Lipinski definition) is 5. The maximum atomic E-state index is 13.3. The van der Waals surface area contributed by atoms with Crippen LogP contribution in [-0.2, 0) is 17.9 Å². The molecule has 2 aliphatic rings. The summed E-state index contributed by atoms with van der Waals surface area (Å²) in [6.45, 7) is 8.69. The number of nitrogens with one attached hydrogen (secondary N) is 2. The summed E-state index contributed by atoms with van der Waals surface area (Å²) in [5, 5.41) is 14.7. The van der Waals surface area contributed by atoms with Crippen LogP contribution in [0.3, 0.4) is 0 Å². The minimum atomic E-state index is -1.05. The second-order valence-corrected chi connectivity index (χ2v) is 10.5. The Kier molecular flexibility index (Phi) is 9.05. The summed E-state index contributed by atoms with van der Waals surface area (Å²) in [7, 11) is 1.88. The van der Waals surface area contributed by atoms with Gasteiger partial charge in [-0.1, -0.05) is 18.2 Å². The molecule has 2 fully saturated rings. The Labute approximate surface area is 220 Å². The van der Waals surface area contributed by atoms with E-state index in [1.54, 1.807) is 0 Å². The molecule has 0 spiro atoms. The van der Waals surface area contributed by atoms with Crippen molar-refractivity contribution < 1.29 is 19.4 Å². The molecule has 8 heteroatoms. The van der Waals surface area contributed by atoms with Gasteiger partial charge in [0.05, 0.1) is 6.10 Å². The Hall–Kier alpha value is -3.10. The lowest BCUT2D eigenvalue weighted by Gasteiger charge is -2.32. The highest BCUT2D eigenvalue weighted by atomic mass is 16.5. The minimum Gasteiger partial charge on any atom is -0.490 e. The number of carbonyl (C=O) groups is 2. The van der Waals surface area contributed by atoms with Gasteiger partial charge >= 0.3 is 6.09 Å². The van der Waals surface area contributed by atoms with Gasteiger partial charge in [-0.05, 0) is 80.5 Å². The molecule has 0 unspecified atom stereocenters. The molecule has 0 aromatic heterocycles. The summed E-state index contributed by atoms with van der Waals surface area (Å²) >= 11 is 0. The van der Waals surface area contributed by atoms with Crippen LogP contribution >= 0.6 is 0 Å². The number of nitrogens with zero attached hydrogens (tertiary/aromatic N) is 2. The van der Waals surface area contributed by atoms with Crippen molar-refractivity contribution in [2.75, 3.05) is 31.6 Å². The van der Waals surface area contributed by atoms with Crippen molar-refractivity contribution >= 4 is 17.7 Å². The molecular formula is C29H40N4O4. The molecule has 1 saturated carbocycles. The molecule has 2 aromatic rings. The van der Waals surface area contributed by atoms with Crippen molar-refractivity contribution in [1.82, 2.24) is 15.5 Å². The zero-order valence-corrected chi connectivity index (χ0v) is 22.2. The first-order valence-electron chi connectivity index (χ1n) is 13.3. The highest BCUT2D eigenvalue weighted by molar-refractivity contribution is 5.94. The second kappa shape index (κ2) is 12.4. The third kappa shape index (κ3) is 7.46. The van der Waals surface area contributed by atoms with E-state index in [1.165, 1.54) is 11.1 Å². The Balaban J connectivity index is 1.28. The van der Waals surface area contributed by atoms with Gasteiger partial charge in [0.1, 0.15) is 5.75 Å². The number of piperazine rings is 1. The summed E-state index contributed by atoms with van der Waals surface area (Å²) in [6.07, 6.45) is 2.26. The standard InChI is InChI=1S/C29H40N4O4/c1-20-15-25(10-7-24(20)19-33-14-13-30-21(2)18-33)32(3)28(34)23-8-11-26(12-9-23)37-27-6-4-5-22(16-27)17-31-29(35)36/h4-7,10,15-16,21,23,26,30-31H,8-9,11-14,17-19H2,1-3H3,(H,35,36)/t21-,23-,26-/m0/s1. The molecule has 37 heavy (non-hydrogen) atoms. The third-order valence-electron chi connectivity index (χ3n) is 7.56. The van der Waals surface area contributed by atoms with Gasteiger partial charge in [-0.15, -0.1) is 0 Å². The normalized spacial score (nSPS) is 22.3. The topological polar surface area (TPSA) is 94.1 Å². The number of aryl methyl sites for hydroxylation is 1. The van der Waals surface area contributed by atoms with Crippen LogP contribution in [-0.4, -0.2) is 60.8 Å². The molecule has 2 aromatic carbocycles. The van der Waals surface area contributed by atoms with E-state index in [0.717, 1.165) is 68.9 Å². The highest BCUT2D eigenvalue weighted by Gasteiger charge is 2.30. The van der Waals surface area contributed by atoms with Gasteiger partial charge in [0.2, 0.25) is 5.91 Å². The molecule has 1 atom stereocenters. The fraction of sp³-hybridized carbons (Fsp3) is 0.517. The van der Waals surface area contributed by atoms with Crippen LogP contribution < -0.4 is 20.3 Å². The average Bonchev–Trinajstić information content (AvgIpc) is 2.88. The lowest BCUT2D eigenvalue weighted by atomic mass is 9.86. The maximum absolute atomic E-state index is 13.3. The molecule has 1 aliphatic heterocycles. The number of anilines is 1. The van der Waals surface area contributed by atoms with E-state index >= 15 is 0 Å². The maximum Gasteiger partial charge on any atom is 0.404 e. The number of hydrogen-bond donors (Lipinski definition) is 3. The Morgan fingerprint density at radius 3 is 2.65 bits per heavy atom. The largest absolute Gasteiger partial charge is 0.490 e. The third-order valence-corrected chi connectivity index (χ3v) is 7.56. The van der Waals surface area contributed by atoms with E-state index in [-0.39, 0.29) is 24.5 Å². The summed E-state index contributed by atoms with van der Waals surface area (Å²) in [4.78, 5) is 28.3. The number of benzene rings is 2. The van der Waals surface area contributed by atoms with Crippen molar-refractivity contribution in [3.8, 4) is 5.75 Å². The number of carbonyl (C=O) groups excluding carboxylic acids is 1. The fourth-order valence-electron chi connectivity index (χ4n) is 5.39. The Morgan fingerprint density at radius 1 is 1.16 bits per heavy atom. The number of ether oxygens (including phenoxy) is 1. The highest BCUT2D eigenvalue weighted by Crippen LogP contribution is 2.31. The zero-order valence-electron chi connectivity index (χ0n) is 22.2. The van der Waals surface area contributed by atoms with Crippen LogP contribution in [0.5, 0.6) is 5.75 Å². The second-order valence-electron chi connectivity index (χ2n) is 10.5. The summed E-state index contributed by atoms with van der Waals surface area (Å²) in [5.41, 5.74) is 4.35. The predicted octanol–water partition coefficient (Wildman–Crippen LogP) is 4.16. The van der Waals surface area contributed by atoms with Crippen molar-refractivity contribution in [2.45, 2.75) is 64.8 Å². The summed E-state index contributed by atoms with van der Waals surface area (Å²) in [5.74, 6) is 0.906. The van der Waals surface area contributed by atoms with Crippen molar-refractivity contribution in [1.29, 1.82) is 0 Å². The van der Waals surface area contributed by atoms with Gasteiger partial charge in [0, 0.05) is 57.4 Å². The fourth-order valence-corrected chi connectivity index (χ4v) is 5.39. The average molecular weight is 509 g/mol. The van der Waals surface area contributed by atoms with Gasteiger partial charge in [-0.2, -0.15) is 0 Å². The quantitative estimate of drug-likeness (QED) is 0.496. The first kappa shape index (κ1) is 26.9. The molecule has 0 radical (unpaired) electrons. The lowest BCUT2D eigenvalue weighted by molar-refractivity contribution is -0.123. The van der Waals surface area contributed by atoms with Gasteiger partial charge in [0.15, 0.2) is 0 Å². The Bertz CT molecular complexity index is 1080.